The number of imidazole rings is 1. The number of benzene rings is 1. The molecule has 1 saturated heterocycles. The third-order valence-corrected chi connectivity index (χ3v) is 9.09. The number of hydrogen-bond donors (Lipinski definition) is 3. The zero-order valence-electron chi connectivity index (χ0n) is 20.1. The summed E-state index contributed by atoms with van der Waals surface area (Å²) in [7, 11) is 0. The van der Waals surface area contributed by atoms with Gasteiger partial charge in [0.1, 0.15) is 12.4 Å². The quantitative estimate of drug-likeness (QED) is 0.342. The Hall–Kier alpha value is -3.29. The van der Waals surface area contributed by atoms with Gasteiger partial charge < -0.3 is 21.5 Å². The first-order valence-electron chi connectivity index (χ1n) is 12.1. The molecule has 4 heterocycles. The number of aliphatic hydroxyl groups is 1. The first kappa shape index (κ1) is 24.1. The summed E-state index contributed by atoms with van der Waals surface area (Å²) in [5, 5.41) is 9.45. The van der Waals surface area contributed by atoms with Crippen molar-refractivity contribution in [3.05, 3.63) is 70.8 Å². The number of nitrogen functional groups attached to an aromatic ring is 1. The minimum Gasteiger partial charge on any atom is -0.384 e. The average molecular weight is 532 g/mol. The van der Waals surface area contributed by atoms with Crippen LogP contribution in [0.15, 0.2) is 58.8 Å². The van der Waals surface area contributed by atoms with E-state index in [9.17, 15) is 0 Å². The maximum Gasteiger partial charge on any atom is 0.211 e. The Bertz CT molecular complexity index is 1550. The molecular weight excluding hydrogens is 506 g/mol. The van der Waals surface area contributed by atoms with Crippen molar-refractivity contribution in [1.29, 1.82) is 0 Å². The van der Waals surface area contributed by atoms with Gasteiger partial charge in [-0.1, -0.05) is 41.3 Å². The fourth-order valence-corrected chi connectivity index (χ4v) is 6.69. The van der Waals surface area contributed by atoms with Crippen LogP contribution in [0.1, 0.15) is 35.6 Å². The third-order valence-electron chi connectivity index (χ3n) is 7.51. The van der Waals surface area contributed by atoms with Gasteiger partial charge in [-0.15, -0.1) is 0 Å². The van der Waals surface area contributed by atoms with Crippen LogP contribution in [0.2, 0.25) is 5.02 Å². The highest BCUT2D eigenvalue weighted by Crippen LogP contribution is 2.51. The zero-order chi connectivity index (χ0) is 25.6. The van der Waals surface area contributed by atoms with E-state index in [0.717, 1.165) is 59.3 Å². The predicted octanol–water partition coefficient (Wildman–Crippen LogP) is 3.70. The van der Waals surface area contributed by atoms with Gasteiger partial charge in [0.15, 0.2) is 5.65 Å². The molecule has 8 nitrogen and oxygen atoms in total. The summed E-state index contributed by atoms with van der Waals surface area (Å²) in [5.74, 6) is 6.91. The Morgan fingerprint density at radius 1 is 1.14 bits per heavy atom. The molecule has 4 aromatic rings. The summed E-state index contributed by atoms with van der Waals surface area (Å²) in [5.41, 5.74) is 17.0. The molecule has 2 aliphatic rings. The number of nitrogens with zero attached hydrogens (tertiary/aromatic N) is 5. The summed E-state index contributed by atoms with van der Waals surface area (Å²) >= 11 is 7.84. The molecule has 0 saturated carbocycles. The molecule has 0 radical (unpaired) electrons. The number of piperidine rings is 1. The van der Waals surface area contributed by atoms with Crippen molar-refractivity contribution in [3.63, 3.8) is 0 Å². The molecule has 5 N–H and O–H groups in total. The molecule has 0 bridgehead atoms. The number of fused-ring (bicyclic) bond motifs is 2. The van der Waals surface area contributed by atoms with Crippen LogP contribution >= 0.6 is 23.4 Å². The number of hydrogen-bond acceptors (Lipinski definition) is 8. The average Bonchev–Trinajstić information content (AvgIpc) is 3.50. The van der Waals surface area contributed by atoms with E-state index < -0.39 is 0 Å². The van der Waals surface area contributed by atoms with E-state index in [-0.39, 0.29) is 18.1 Å². The SMILES string of the molecule is Nc1nccc(Sc2cnc(N3CCC4(CC3)Cc3ccc(C#CCO)cc3[C@H]4N)n3ccnc23)c1Cl. The van der Waals surface area contributed by atoms with E-state index >= 15 is 0 Å². The minimum absolute atomic E-state index is 0.0296. The van der Waals surface area contributed by atoms with Crippen molar-refractivity contribution in [2.75, 3.05) is 30.3 Å². The number of aromatic nitrogens is 4. The number of rotatable bonds is 3. The molecule has 6 rings (SSSR count). The maximum absolute atomic E-state index is 9.02. The first-order chi connectivity index (χ1) is 18.0. The van der Waals surface area contributed by atoms with E-state index in [1.165, 1.54) is 22.9 Å². The normalized spacial score (nSPS) is 18.1. The maximum atomic E-state index is 9.02. The van der Waals surface area contributed by atoms with Crippen LogP contribution in [0.25, 0.3) is 5.65 Å². The second kappa shape index (κ2) is 9.54. The highest BCUT2D eigenvalue weighted by molar-refractivity contribution is 7.99. The molecule has 1 spiro atoms. The number of pyridine rings is 1. The molecule has 0 unspecified atom stereocenters. The molecule has 1 aromatic carbocycles. The number of halogens is 1. The van der Waals surface area contributed by atoms with E-state index in [2.05, 4.69) is 38.8 Å². The Morgan fingerprint density at radius 2 is 1.97 bits per heavy atom. The summed E-state index contributed by atoms with van der Waals surface area (Å²) in [6.07, 6.45) is 10.2. The van der Waals surface area contributed by atoms with Crippen molar-refractivity contribution in [1.82, 2.24) is 19.4 Å². The zero-order valence-corrected chi connectivity index (χ0v) is 21.6. The fraction of sp³-hybridized carbons (Fsp3) is 0.296. The lowest BCUT2D eigenvalue weighted by Crippen LogP contribution is -2.45. The lowest BCUT2D eigenvalue weighted by atomic mass is 9.73. The molecule has 1 aliphatic carbocycles. The molecule has 1 fully saturated rings. The summed E-state index contributed by atoms with van der Waals surface area (Å²) in [4.78, 5) is 17.5. The molecule has 1 atom stereocenters. The van der Waals surface area contributed by atoms with Crippen molar-refractivity contribution >= 4 is 40.8 Å². The summed E-state index contributed by atoms with van der Waals surface area (Å²) in [6.45, 7) is 1.57. The van der Waals surface area contributed by atoms with Crippen LogP contribution in [0.5, 0.6) is 0 Å². The van der Waals surface area contributed by atoms with Crippen LogP contribution in [-0.2, 0) is 6.42 Å². The monoisotopic (exact) mass is 531 g/mol. The standard InChI is InChI=1S/C27H26ClN7OS/c28-22-20(5-8-31-24(22)30)37-21-16-33-26(35-12-9-32-25(21)35)34-10-6-27(7-11-34)15-18-4-3-17(2-1-13-36)14-19(18)23(27)29/h3-5,8-9,12,14,16,23,36H,6-7,10-11,13,15,29H2,(H2,30,31)/t23-/m1/s1. The Balaban J connectivity index is 1.22. The molecule has 37 heavy (non-hydrogen) atoms. The smallest absolute Gasteiger partial charge is 0.211 e. The topological polar surface area (TPSA) is 119 Å². The van der Waals surface area contributed by atoms with Gasteiger partial charge in [-0.25, -0.2) is 15.0 Å². The molecule has 0 amide bonds. The Kier molecular flexibility index (Phi) is 6.21. The highest BCUT2D eigenvalue weighted by Gasteiger charge is 2.46. The van der Waals surface area contributed by atoms with Gasteiger partial charge in [-0.05, 0) is 54.0 Å². The predicted molar refractivity (Wildman–Crippen MR) is 146 cm³/mol. The molecule has 3 aromatic heterocycles. The highest BCUT2D eigenvalue weighted by atomic mass is 35.5. The first-order valence-corrected chi connectivity index (χ1v) is 13.3. The lowest BCUT2D eigenvalue weighted by molar-refractivity contribution is 0.186. The van der Waals surface area contributed by atoms with E-state index in [4.69, 9.17) is 33.2 Å². The van der Waals surface area contributed by atoms with Gasteiger partial charge in [-0.3, -0.25) is 4.40 Å². The van der Waals surface area contributed by atoms with Crippen molar-refractivity contribution in [2.24, 2.45) is 11.1 Å². The van der Waals surface area contributed by atoms with Gasteiger partial charge >= 0.3 is 0 Å². The minimum atomic E-state index is -0.146. The second-order valence-electron chi connectivity index (χ2n) is 9.53. The van der Waals surface area contributed by atoms with Crippen LogP contribution < -0.4 is 16.4 Å². The largest absolute Gasteiger partial charge is 0.384 e. The van der Waals surface area contributed by atoms with E-state index in [1.54, 1.807) is 12.4 Å². The third kappa shape index (κ3) is 4.20. The second-order valence-corrected chi connectivity index (χ2v) is 11.0. The molecule has 10 heteroatoms. The van der Waals surface area contributed by atoms with Gasteiger partial charge in [0.2, 0.25) is 5.95 Å². The number of nitrogens with two attached hydrogens (primary N) is 2. The van der Waals surface area contributed by atoms with Gasteiger partial charge in [0.05, 0.1) is 9.92 Å². The number of anilines is 2. The van der Waals surface area contributed by atoms with E-state index in [1.807, 2.05) is 28.9 Å². The van der Waals surface area contributed by atoms with Crippen LogP contribution in [-0.4, -0.2) is 44.2 Å². The fourth-order valence-electron chi connectivity index (χ4n) is 5.55. The molecule has 1 aliphatic heterocycles. The van der Waals surface area contributed by atoms with Crippen molar-refractivity contribution < 1.29 is 5.11 Å². The van der Waals surface area contributed by atoms with Gasteiger partial charge in [0.25, 0.3) is 0 Å². The molecule has 188 valence electrons. The summed E-state index contributed by atoms with van der Waals surface area (Å²) in [6, 6.07) is 8.08. The molecular formula is C27H26ClN7OS. The van der Waals surface area contributed by atoms with Crippen LogP contribution in [0, 0.1) is 17.3 Å². The summed E-state index contributed by atoms with van der Waals surface area (Å²) < 4.78 is 2.04. The van der Waals surface area contributed by atoms with Gasteiger partial charge in [0, 0.05) is 54.4 Å². The van der Waals surface area contributed by atoms with Gasteiger partial charge in [-0.2, -0.15) is 0 Å². The van der Waals surface area contributed by atoms with Crippen molar-refractivity contribution in [2.45, 2.75) is 35.1 Å². The lowest BCUT2D eigenvalue weighted by Gasteiger charge is -2.42. The number of aliphatic hydroxyl groups excluding tert-OH is 1. The van der Waals surface area contributed by atoms with E-state index in [0.29, 0.717) is 10.8 Å². The van der Waals surface area contributed by atoms with Crippen molar-refractivity contribution in [3.8, 4) is 11.8 Å². The van der Waals surface area contributed by atoms with Crippen LogP contribution in [0.4, 0.5) is 11.8 Å². The Labute approximate surface area is 224 Å². The Morgan fingerprint density at radius 3 is 2.78 bits per heavy atom. The van der Waals surface area contributed by atoms with Crippen LogP contribution in [0.3, 0.4) is 0 Å².